The highest BCUT2D eigenvalue weighted by Gasteiger charge is 2.13. The van der Waals surface area contributed by atoms with E-state index in [2.05, 4.69) is 13.2 Å². The van der Waals surface area contributed by atoms with Crippen LogP contribution in [0.15, 0.2) is 122 Å². The van der Waals surface area contributed by atoms with Gasteiger partial charge in [0.25, 0.3) is 0 Å². The van der Waals surface area contributed by atoms with Crippen molar-refractivity contribution in [1.29, 1.82) is 0 Å². The minimum atomic E-state index is -0.557. The fourth-order valence-corrected chi connectivity index (χ4v) is 5.04. The molecule has 0 aliphatic rings. The molecule has 0 aliphatic heterocycles. The van der Waals surface area contributed by atoms with Crippen LogP contribution >= 0.6 is 0 Å². The number of ether oxygens (including phenoxy) is 7. The topological polar surface area (TPSA) is 150 Å². The van der Waals surface area contributed by atoms with Crippen molar-refractivity contribution in [3.05, 3.63) is 145 Å². The molecule has 57 heavy (non-hydrogen) atoms. The Morgan fingerprint density at radius 1 is 0.404 bits per heavy atom. The first-order valence-electron chi connectivity index (χ1n) is 18.6. The largest absolute Gasteiger partial charge is 0.494 e. The van der Waals surface area contributed by atoms with E-state index in [0.717, 1.165) is 56.2 Å². The molecule has 4 aromatic rings. The summed E-state index contributed by atoms with van der Waals surface area (Å²) in [7, 11) is 0. The lowest BCUT2D eigenvalue weighted by Gasteiger charge is -2.09. The van der Waals surface area contributed by atoms with Crippen LogP contribution in [0.3, 0.4) is 0 Å². The van der Waals surface area contributed by atoms with Crippen LogP contribution in [0.2, 0.25) is 0 Å². The molecule has 4 rings (SSSR count). The van der Waals surface area contributed by atoms with E-state index >= 15 is 0 Å². The second kappa shape index (κ2) is 24.0. The molecule has 0 spiro atoms. The molecular formula is C45H46O12. The number of hydrogen-bond donors (Lipinski definition) is 0. The molecule has 12 heteroatoms. The van der Waals surface area contributed by atoms with E-state index in [9.17, 15) is 24.0 Å². The van der Waals surface area contributed by atoms with E-state index in [1.165, 1.54) is 24.3 Å². The zero-order valence-corrected chi connectivity index (χ0v) is 31.7. The molecule has 0 aliphatic carbocycles. The van der Waals surface area contributed by atoms with Gasteiger partial charge in [-0.25, -0.2) is 24.0 Å². The normalized spacial score (nSPS) is 10.4. The highest BCUT2D eigenvalue weighted by Crippen LogP contribution is 2.20. The van der Waals surface area contributed by atoms with Crippen molar-refractivity contribution in [2.45, 2.75) is 44.9 Å². The quantitative estimate of drug-likeness (QED) is 0.0222. The van der Waals surface area contributed by atoms with Gasteiger partial charge in [0, 0.05) is 18.6 Å². The zero-order valence-electron chi connectivity index (χ0n) is 31.7. The molecule has 0 atom stereocenters. The predicted molar refractivity (Wildman–Crippen MR) is 211 cm³/mol. The smallest absolute Gasteiger partial charge is 0.343 e. The van der Waals surface area contributed by atoms with E-state index in [-0.39, 0.29) is 12.4 Å². The fraction of sp³-hybridized carbons (Fsp3) is 0.267. The molecule has 0 heterocycles. The average Bonchev–Trinajstić information content (AvgIpc) is 3.23. The molecule has 0 saturated heterocycles. The van der Waals surface area contributed by atoms with Gasteiger partial charge in [-0.1, -0.05) is 25.3 Å². The summed E-state index contributed by atoms with van der Waals surface area (Å²) in [6.45, 7) is 8.51. The number of carbonyl (C=O) groups is 5. The van der Waals surface area contributed by atoms with E-state index in [1.54, 1.807) is 72.8 Å². The van der Waals surface area contributed by atoms with Gasteiger partial charge in [0.2, 0.25) is 0 Å². The molecule has 0 fully saturated rings. The third-order valence-corrected chi connectivity index (χ3v) is 8.18. The lowest BCUT2D eigenvalue weighted by atomic mass is 10.1. The lowest BCUT2D eigenvalue weighted by molar-refractivity contribution is -0.138. The maximum atomic E-state index is 12.6. The second-order valence-corrected chi connectivity index (χ2v) is 12.4. The summed E-state index contributed by atoms with van der Waals surface area (Å²) in [4.78, 5) is 60.0. The predicted octanol–water partition coefficient (Wildman–Crippen LogP) is 8.08. The van der Waals surface area contributed by atoms with Crippen molar-refractivity contribution in [3.8, 4) is 23.0 Å². The second-order valence-electron chi connectivity index (χ2n) is 12.4. The summed E-state index contributed by atoms with van der Waals surface area (Å²) in [5.41, 5.74) is 1.89. The molecule has 0 radical (unpaired) electrons. The molecule has 0 bridgehead atoms. The van der Waals surface area contributed by atoms with E-state index in [4.69, 9.17) is 33.2 Å². The lowest BCUT2D eigenvalue weighted by Crippen LogP contribution is -2.10. The van der Waals surface area contributed by atoms with Gasteiger partial charge in [0.1, 0.15) is 23.0 Å². The van der Waals surface area contributed by atoms with E-state index in [1.807, 2.05) is 0 Å². The van der Waals surface area contributed by atoms with Crippen molar-refractivity contribution in [2.75, 3.05) is 33.0 Å². The van der Waals surface area contributed by atoms with Crippen LogP contribution in [0.25, 0.3) is 0 Å². The van der Waals surface area contributed by atoms with Crippen LogP contribution in [0, 0.1) is 0 Å². The number of hydrogen-bond acceptors (Lipinski definition) is 12. The van der Waals surface area contributed by atoms with Crippen molar-refractivity contribution in [1.82, 2.24) is 0 Å². The van der Waals surface area contributed by atoms with Crippen LogP contribution in [-0.4, -0.2) is 62.9 Å². The Kier molecular flexibility index (Phi) is 18.1. The third kappa shape index (κ3) is 15.9. The molecule has 4 aromatic carbocycles. The number of rotatable bonds is 24. The van der Waals surface area contributed by atoms with Crippen molar-refractivity contribution < 1.29 is 57.1 Å². The Morgan fingerprint density at radius 2 is 0.772 bits per heavy atom. The highest BCUT2D eigenvalue weighted by molar-refractivity contribution is 5.92. The van der Waals surface area contributed by atoms with Crippen LogP contribution in [0.5, 0.6) is 23.0 Å². The van der Waals surface area contributed by atoms with Gasteiger partial charge in [0.05, 0.1) is 49.7 Å². The monoisotopic (exact) mass is 778 g/mol. The number of esters is 5. The molecule has 0 saturated carbocycles. The molecule has 0 N–H and O–H groups in total. The third-order valence-electron chi connectivity index (χ3n) is 8.18. The molecule has 0 unspecified atom stereocenters. The standard InChI is InChI=1S/C45H46O12/c1-3-41(46)53-30-9-5-7-28-51-37-21-13-35(14-22-37)44(49)56-39-19-11-33(12-20-39)27-32-55-43(48)34-17-25-40(26-18-34)57-45(50)36-15-23-38(24-16-36)52-29-8-6-10-31-54-42(47)4-2/h3-4,11-26H,1-2,5-10,27-32H2. The summed E-state index contributed by atoms with van der Waals surface area (Å²) >= 11 is 0. The van der Waals surface area contributed by atoms with Gasteiger partial charge < -0.3 is 33.2 Å². The van der Waals surface area contributed by atoms with Gasteiger partial charge in [-0.3, -0.25) is 0 Å². The van der Waals surface area contributed by atoms with Crippen LogP contribution in [0.4, 0.5) is 0 Å². The highest BCUT2D eigenvalue weighted by atomic mass is 16.5. The van der Waals surface area contributed by atoms with Gasteiger partial charge in [-0.05, 0) is 129 Å². The summed E-state index contributed by atoms with van der Waals surface area (Å²) < 4.78 is 37.7. The Morgan fingerprint density at radius 3 is 1.19 bits per heavy atom. The SMILES string of the molecule is C=CC(=O)OCCCCCOc1ccc(C(=O)Oc2ccc(CCOC(=O)c3ccc(OC(=O)c4ccc(OCCCCCOC(=O)C=C)cc4)cc3)cc2)cc1. The maximum absolute atomic E-state index is 12.6. The fourth-order valence-electron chi connectivity index (χ4n) is 5.04. The summed E-state index contributed by atoms with van der Waals surface area (Å²) in [6, 6.07) is 26.3. The number of benzene rings is 4. The van der Waals surface area contributed by atoms with Gasteiger partial charge in [-0.15, -0.1) is 0 Å². The minimum Gasteiger partial charge on any atom is -0.494 e. The molecule has 0 aromatic heterocycles. The molecule has 12 nitrogen and oxygen atoms in total. The van der Waals surface area contributed by atoms with Crippen molar-refractivity contribution in [2.24, 2.45) is 0 Å². The van der Waals surface area contributed by atoms with Gasteiger partial charge in [-0.2, -0.15) is 0 Å². The van der Waals surface area contributed by atoms with E-state index < -0.39 is 29.8 Å². The zero-order chi connectivity index (χ0) is 40.7. The van der Waals surface area contributed by atoms with Crippen LogP contribution in [0.1, 0.15) is 75.2 Å². The maximum Gasteiger partial charge on any atom is 0.343 e. The number of unbranched alkanes of at least 4 members (excludes halogenated alkanes) is 4. The Bertz CT molecular complexity index is 1920. The summed E-state index contributed by atoms with van der Waals surface area (Å²) in [5, 5.41) is 0. The Balaban J connectivity index is 1.10. The van der Waals surface area contributed by atoms with Gasteiger partial charge >= 0.3 is 29.8 Å². The molecular weight excluding hydrogens is 732 g/mol. The molecule has 298 valence electrons. The first kappa shape index (κ1) is 43.0. The Hall–Kier alpha value is -6.69. The average molecular weight is 779 g/mol. The summed E-state index contributed by atoms with van der Waals surface area (Å²) in [5.74, 6) is -0.560. The van der Waals surface area contributed by atoms with Gasteiger partial charge in [0.15, 0.2) is 0 Å². The number of carbonyl (C=O) groups excluding carboxylic acids is 5. The van der Waals surface area contributed by atoms with Crippen molar-refractivity contribution >= 4 is 29.8 Å². The van der Waals surface area contributed by atoms with Crippen LogP contribution < -0.4 is 18.9 Å². The van der Waals surface area contributed by atoms with Crippen LogP contribution in [-0.2, 0) is 30.2 Å². The molecule has 0 amide bonds. The Labute approximate surface area is 331 Å². The van der Waals surface area contributed by atoms with E-state index in [0.29, 0.717) is 66.8 Å². The first-order chi connectivity index (χ1) is 27.7. The first-order valence-corrected chi connectivity index (χ1v) is 18.6. The summed E-state index contributed by atoms with van der Waals surface area (Å²) in [6.07, 6.45) is 7.44. The van der Waals surface area contributed by atoms with Crippen molar-refractivity contribution in [3.63, 3.8) is 0 Å². The minimum absolute atomic E-state index is 0.126.